The van der Waals surface area contributed by atoms with Gasteiger partial charge < -0.3 is 10.1 Å². The van der Waals surface area contributed by atoms with Gasteiger partial charge in [-0.1, -0.05) is 32.0 Å². The smallest absolute Gasteiger partial charge is 0.262 e. The Balaban J connectivity index is 2.37. The largest absolute Gasteiger partial charge is 0.496 e. The zero-order chi connectivity index (χ0) is 16.4. The first-order chi connectivity index (χ1) is 10.5. The molecular weight excluding hydrogens is 298 g/mol. The summed E-state index contributed by atoms with van der Waals surface area (Å²) in [5, 5.41) is 3.43. The van der Waals surface area contributed by atoms with Gasteiger partial charge in [0.05, 0.1) is 7.11 Å². The SMILES string of the molecule is COc1ccccc1/C=C/C(=O)NNC(=S)NCCC(C)C. The first kappa shape index (κ1) is 18.0. The molecule has 0 aliphatic carbocycles. The number of amides is 1. The van der Waals surface area contributed by atoms with E-state index in [-0.39, 0.29) is 5.91 Å². The molecule has 0 aromatic heterocycles. The van der Waals surface area contributed by atoms with Gasteiger partial charge >= 0.3 is 0 Å². The number of rotatable bonds is 6. The number of nitrogens with one attached hydrogen (secondary N) is 3. The topological polar surface area (TPSA) is 62.4 Å². The Hall–Kier alpha value is -2.08. The number of hydrogen-bond acceptors (Lipinski definition) is 3. The minimum Gasteiger partial charge on any atom is -0.496 e. The van der Waals surface area contributed by atoms with Crippen molar-refractivity contribution in [1.82, 2.24) is 16.2 Å². The zero-order valence-electron chi connectivity index (χ0n) is 13.2. The van der Waals surface area contributed by atoms with Crippen LogP contribution in [-0.2, 0) is 4.79 Å². The normalized spacial score (nSPS) is 10.5. The molecule has 0 aliphatic rings. The van der Waals surface area contributed by atoms with E-state index in [4.69, 9.17) is 17.0 Å². The van der Waals surface area contributed by atoms with E-state index in [1.807, 2.05) is 24.3 Å². The second-order valence-corrected chi connectivity index (χ2v) is 5.54. The minimum absolute atomic E-state index is 0.293. The predicted molar refractivity (Wildman–Crippen MR) is 93.4 cm³/mol. The fraction of sp³-hybridized carbons (Fsp3) is 0.375. The highest BCUT2D eigenvalue weighted by molar-refractivity contribution is 7.80. The van der Waals surface area contributed by atoms with Gasteiger partial charge in [-0.2, -0.15) is 0 Å². The van der Waals surface area contributed by atoms with Crippen molar-refractivity contribution in [2.24, 2.45) is 5.92 Å². The molecule has 5 nitrogen and oxygen atoms in total. The molecule has 0 bridgehead atoms. The van der Waals surface area contributed by atoms with Crippen LogP contribution in [-0.4, -0.2) is 24.7 Å². The Kier molecular flexibility index (Phi) is 7.99. The van der Waals surface area contributed by atoms with Gasteiger partial charge in [-0.05, 0) is 36.7 Å². The van der Waals surface area contributed by atoms with Crippen molar-refractivity contribution < 1.29 is 9.53 Å². The van der Waals surface area contributed by atoms with Gasteiger partial charge in [-0.15, -0.1) is 0 Å². The van der Waals surface area contributed by atoms with Crippen molar-refractivity contribution >= 4 is 29.3 Å². The summed E-state index contributed by atoms with van der Waals surface area (Å²) in [5.74, 6) is 1.03. The third-order valence-corrected chi connectivity index (χ3v) is 3.11. The molecular formula is C16H23N3O2S. The Labute approximate surface area is 137 Å². The van der Waals surface area contributed by atoms with E-state index in [2.05, 4.69) is 30.0 Å². The second kappa shape index (κ2) is 9.78. The maximum atomic E-state index is 11.7. The molecule has 0 aliphatic heterocycles. The highest BCUT2D eigenvalue weighted by atomic mass is 32.1. The van der Waals surface area contributed by atoms with Crippen LogP contribution in [0.2, 0.25) is 0 Å². The molecule has 1 aromatic carbocycles. The first-order valence-electron chi connectivity index (χ1n) is 7.18. The quantitative estimate of drug-likeness (QED) is 0.426. The average Bonchev–Trinajstić information content (AvgIpc) is 2.50. The molecule has 3 N–H and O–H groups in total. The number of para-hydroxylation sites is 1. The van der Waals surface area contributed by atoms with Gasteiger partial charge in [-0.25, -0.2) is 0 Å². The molecule has 0 saturated heterocycles. The maximum absolute atomic E-state index is 11.7. The van der Waals surface area contributed by atoms with Gasteiger partial charge in [0.25, 0.3) is 5.91 Å². The summed E-state index contributed by atoms with van der Waals surface area (Å²) in [7, 11) is 1.59. The van der Waals surface area contributed by atoms with Crippen molar-refractivity contribution in [3.63, 3.8) is 0 Å². The van der Waals surface area contributed by atoms with Crippen LogP contribution in [0.25, 0.3) is 6.08 Å². The molecule has 0 radical (unpaired) electrons. The number of methoxy groups -OCH3 is 1. The maximum Gasteiger partial charge on any atom is 0.262 e. The van der Waals surface area contributed by atoms with Gasteiger partial charge in [0.2, 0.25) is 0 Å². The van der Waals surface area contributed by atoms with Crippen LogP contribution >= 0.6 is 12.2 Å². The molecule has 0 fully saturated rings. The summed E-state index contributed by atoms with van der Waals surface area (Å²) >= 11 is 5.06. The van der Waals surface area contributed by atoms with Gasteiger partial charge in [-0.3, -0.25) is 15.6 Å². The summed E-state index contributed by atoms with van der Waals surface area (Å²) in [6.45, 7) is 5.06. The minimum atomic E-state index is -0.293. The number of hydrazine groups is 1. The lowest BCUT2D eigenvalue weighted by Gasteiger charge is -2.11. The van der Waals surface area contributed by atoms with Crippen LogP contribution in [0.5, 0.6) is 5.75 Å². The predicted octanol–water partition coefficient (Wildman–Crippen LogP) is 2.25. The Morgan fingerprint density at radius 1 is 1.32 bits per heavy atom. The summed E-state index contributed by atoms with van der Waals surface area (Å²) in [6.07, 6.45) is 4.12. The number of carbonyl (C=O) groups excluding carboxylic acids is 1. The second-order valence-electron chi connectivity index (χ2n) is 5.13. The lowest BCUT2D eigenvalue weighted by Crippen LogP contribution is -2.46. The highest BCUT2D eigenvalue weighted by Crippen LogP contribution is 2.18. The molecule has 22 heavy (non-hydrogen) atoms. The highest BCUT2D eigenvalue weighted by Gasteiger charge is 2.01. The third kappa shape index (κ3) is 7.08. The van der Waals surface area contributed by atoms with Gasteiger partial charge in [0.15, 0.2) is 5.11 Å². The fourth-order valence-electron chi connectivity index (χ4n) is 1.65. The standard InChI is InChI=1S/C16H23N3O2S/c1-12(2)10-11-17-16(22)19-18-15(20)9-8-13-6-4-5-7-14(13)21-3/h4-9,12H,10-11H2,1-3H3,(H,18,20)(H2,17,19,22)/b9-8+. The summed E-state index contributed by atoms with van der Waals surface area (Å²) in [5.41, 5.74) is 6.00. The summed E-state index contributed by atoms with van der Waals surface area (Å²) in [6, 6.07) is 7.46. The molecule has 120 valence electrons. The first-order valence-corrected chi connectivity index (χ1v) is 7.58. The van der Waals surface area contributed by atoms with E-state index in [0.29, 0.717) is 16.8 Å². The van der Waals surface area contributed by atoms with Crippen molar-refractivity contribution in [3.8, 4) is 5.75 Å². The number of hydrogen-bond donors (Lipinski definition) is 3. The number of carbonyl (C=O) groups is 1. The van der Waals surface area contributed by atoms with Crippen molar-refractivity contribution in [1.29, 1.82) is 0 Å². The van der Waals surface area contributed by atoms with Crippen molar-refractivity contribution in [3.05, 3.63) is 35.9 Å². The van der Waals surface area contributed by atoms with Crippen LogP contribution in [0.3, 0.4) is 0 Å². The molecule has 0 unspecified atom stereocenters. The lowest BCUT2D eigenvalue weighted by molar-refractivity contribution is -0.116. The molecule has 0 heterocycles. The van der Waals surface area contributed by atoms with E-state index in [1.54, 1.807) is 13.2 Å². The van der Waals surface area contributed by atoms with Crippen LogP contribution in [0, 0.1) is 5.92 Å². The van der Waals surface area contributed by atoms with Crippen LogP contribution in [0.4, 0.5) is 0 Å². The molecule has 1 aromatic rings. The molecule has 1 amide bonds. The fourth-order valence-corrected chi connectivity index (χ4v) is 1.80. The molecule has 0 atom stereocenters. The van der Waals surface area contributed by atoms with Crippen LogP contribution < -0.4 is 20.9 Å². The van der Waals surface area contributed by atoms with E-state index in [1.165, 1.54) is 6.08 Å². The number of benzene rings is 1. The van der Waals surface area contributed by atoms with E-state index in [0.717, 1.165) is 18.5 Å². The Morgan fingerprint density at radius 3 is 2.73 bits per heavy atom. The number of ether oxygens (including phenoxy) is 1. The monoisotopic (exact) mass is 321 g/mol. The van der Waals surface area contributed by atoms with E-state index in [9.17, 15) is 4.79 Å². The van der Waals surface area contributed by atoms with Crippen molar-refractivity contribution in [2.75, 3.05) is 13.7 Å². The van der Waals surface area contributed by atoms with Crippen LogP contribution in [0.1, 0.15) is 25.8 Å². The Bertz CT molecular complexity index is 530. The summed E-state index contributed by atoms with van der Waals surface area (Å²) < 4.78 is 5.21. The molecule has 1 rings (SSSR count). The van der Waals surface area contributed by atoms with Gasteiger partial charge in [0.1, 0.15) is 5.75 Å². The van der Waals surface area contributed by atoms with E-state index >= 15 is 0 Å². The van der Waals surface area contributed by atoms with Gasteiger partial charge in [0, 0.05) is 18.2 Å². The Morgan fingerprint density at radius 2 is 2.05 bits per heavy atom. The van der Waals surface area contributed by atoms with E-state index < -0.39 is 0 Å². The number of thiocarbonyl (C=S) groups is 1. The third-order valence-electron chi connectivity index (χ3n) is 2.86. The molecule has 0 saturated carbocycles. The molecule has 0 spiro atoms. The summed E-state index contributed by atoms with van der Waals surface area (Å²) in [4.78, 5) is 11.7. The molecule has 6 heteroatoms. The van der Waals surface area contributed by atoms with Crippen LogP contribution in [0.15, 0.2) is 30.3 Å². The zero-order valence-corrected chi connectivity index (χ0v) is 14.0. The lowest BCUT2D eigenvalue weighted by atomic mass is 10.1. The van der Waals surface area contributed by atoms with Crippen molar-refractivity contribution in [2.45, 2.75) is 20.3 Å². The average molecular weight is 321 g/mol.